The Hall–Kier alpha value is -2.96. The summed E-state index contributed by atoms with van der Waals surface area (Å²) in [7, 11) is 0. The number of halogens is 1. The van der Waals surface area contributed by atoms with E-state index in [2.05, 4.69) is 16.6 Å². The van der Waals surface area contributed by atoms with Gasteiger partial charge in [0.25, 0.3) is 0 Å². The van der Waals surface area contributed by atoms with Crippen LogP contribution in [0.15, 0.2) is 60.7 Å². The molecule has 0 aliphatic heterocycles. The van der Waals surface area contributed by atoms with Gasteiger partial charge in [0.05, 0.1) is 6.61 Å². The van der Waals surface area contributed by atoms with E-state index in [4.69, 9.17) is 9.84 Å². The average Bonchev–Trinajstić information content (AvgIpc) is 2.69. The fourth-order valence-electron chi connectivity index (χ4n) is 1.80. The Morgan fingerprint density at radius 1 is 1.03 bits per heavy atom. The number of allylic oxidation sites excluding steroid dienone is 4. The van der Waals surface area contributed by atoms with Gasteiger partial charge in [-0.3, -0.25) is 0 Å². The fourth-order valence-corrected chi connectivity index (χ4v) is 1.80. The molecule has 0 aliphatic carbocycles. The molecule has 1 aromatic carbocycles. The van der Waals surface area contributed by atoms with E-state index in [-0.39, 0.29) is 19.0 Å². The summed E-state index contributed by atoms with van der Waals surface area (Å²) in [6, 6.07) is 5.44. The number of aliphatic carboxylic acids is 1. The van der Waals surface area contributed by atoms with Crippen LogP contribution < -0.4 is 4.74 Å². The number of carboxylic acid groups (broad SMARTS) is 1. The summed E-state index contributed by atoms with van der Waals surface area (Å²) in [6.45, 7) is -0.859. The van der Waals surface area contributed by atoms with Crippen LogP contribution in [-0.2, 0) is 9.53 Å². The molecule has 0 aliphatic rings. The number of hydrogen-bond donors (Lipinski definition) is 4. The maximum absolute atomic E-state index is 12.8. The van der Waals surface area contributed by atoms with E-state index in [1.807, 2.05) is 0 Å². The Labute approximate surface area is 168 Å². The highest BCUT2D eigenvalue weighted by molar-refractivity contribution is 5.67. The number of hydrogen-bond acceptors (Lipinski definition) is 6. The number of benzene rings is 1. The minimum absolute atomic E-state index is 0.00121. The van der Waals surface area contributed by atoms with Gasteiger partial charge in [0, 0.05) is 0 Å². The van der Waals surface area contributed by atoms with E-state index < -0.39 is 30.9 Å². The van der Waals surface area contributed by atoms with Gasteiger partial charge in [-0.1, -0.05) is 30.1 Å². The van der Waals surface area contributed by atoms with E-state index >= 15 is 0 Å². The standard InChI is InChI=1S/C21H23FO7/c22-16-9-11-18(12-10-16)29-13-17(23)7-5-3-1-2-4-6-8-19(24)20(25)14-28-15-21(26)27/h2,4-12,17,19-20,23-25H,13-15H2,(H,26,27)/t17-,19+,20-/m0/s1. The van der Waals surface area contributed by atoms with Crippen molar-refractivity contribution >= 4 is 5.97 Å². The normalized spacial score (nSPS) is 14.6. The Morgan fingerprint density at radius 3 is 2.41 bits per heavy atom. The molecule has 0 saturated carbocycles. The number of rotatable bonds is 11. The second-order valence-electron chi connectivity index (χ2n) is 5.69. The average molecular weight is 406 g/mol. The summed E-state index contributed by atoms with van der Waals surface area (Å²) >= 11 is 0. The molecule has 1 rings (SSSR count). The zero-order valence-corrected chi connectivity index (χ0v) is 15.5. The van der Waals surface area contributed by atoms with Crippen molar-refractivity contribution in [2.24, 2.45) is 0 Å². The van der Waals surface area contributed by atoms with Gasteiger partial charge < -0.3 is 29.9 Å². The van der Waals surface area contributed by atoms with Crippen molar-refractivity contribution in [3.8, 4) is 17.6 Å². The first kappa shape index (κ1) is 24.1. The second-order valence-corrected chi connectivity index (χ2v) is 5.69. The summed E-state index contributed by atoms with van der Waals surface area (Å²) in [5, 5.41) is 37.3. The van der Waals surface area contributed by atoms with Crippen molar-refractivity contribution in [1.82, 2.24) is 0 Å². The molecule has 7 nitrogen and oxygen atoms in total. The monoisotopic (exact) mass is 406 g/mol. The first-order valence-electron chi connectivity index (χ1n) is 8.61. The smallest absolute Gasteiger partial charge is 0.329 e. The number of ether oxygens (including phenoxy) is 2. The van der Waals surface area contributed by atoms with Crippen LogP contribution in [0.4, 0.5) is 4.39 Å². The van der Waals surface area contributed by atoms with Crippen LogP contribution >= 0.6 is 0 Å². The summed E-state index contributed by atoms with van der Waals surface area (Å²) in [5.74, 6) is 4.26. The lowest BCUT2D eigenvalue weighted by Crippen LogP contribution is -2.29. The molecule has 3 atom stereocenters. The molecule has 1 aromatic rings. The quantitative estimate of drug-likeness (QED) is 0.321. The van der Waals surface area contributed by atoms with E-state index in [0.29, 0.717) is 5.75 Å². The van der Waals surface area contributed by atoms with Crippen molar-refractivity contribution in [2.75, 3.05) is 19.8 Å². The molecule has 29 heavy (non-hydrogen) atoms. The van der Waals surface area contributed by atoms with Gasteiger partial charge in [-0.2, -0.15) is 0 Å². The third-order valence-electron chi connectivity index (χ3n) is 3.23. The highest BCUT2D eigenvalue weighted by Gasteiger charge is 2.13. The van der Waals surface area contributed by atoms with Crippen molar-refractivity contribution in [2.45, 2.75) is 18.3 Å². The summed E-state index contributed by atoms with van der Waals surface area (Å²) in [4.78, 5) is 10.3. The third-order valence-corrected chi connectivity index (χ3v) is 3.23. The van der Waals surface area contributed by atoms with E-state index in [1.54, 1.807) is 0 Å². The van der Waals surface area contributed by atoms with Crippen LogP contribution in [0.3, 0.4) is 0 Å². The van der Waals surface area contributed by atoms with E-state index in [9.17, 15) is 24.5 Å². The van der Waals surface area contributed by atoms with Gasteiger partial charge in [0.1, 0.15) is 43.1 Å². The van der Waals surface area contributed by atoms with Crippen LogP contribution in [0.2, 0.25) is 0 Å². The Kier molecular flexibility index (Phi) is 11.7. The molecule has 0 spiro atoms. The number of aliphatic hydroxyl groups is 3. The molecule has 0 bridgehead atoms. The molecular weight excluding hydrogens is 383 g/mol. The molecule has 0 radical (unpaired) electrons. The lowest BCUT2D eigenvalue weighted by molar-refractivity contribution is -0.143. The second kappa shape index (κ2) is 14.1. The molecule has 0 heterocycles. The molecule has 0 fully saturated rings. The van der Waals surface area contributed by atoms with E-state index in [1.165, 1.54) is 60.7 Å². The van der Waals surface area contributed by atoms with Crippen molar-refractivity contribution in [3.05, 3.63) is 66.5 Å². The Balaban J connectivity index is 2.27. The van der Waals surface area contributed by atoms with Gasteiger partial charge in [-0.05, 0) is 42.5 Å². The highest BCUT2D eigenvalue weighted by Crippen LogP contribution is 2.11. The largest absolute Gasteiger partial charge is 0.491 e. The zero-order valence-electron chi connectivity index (χ0n) is 15.5. The van der Waals surface area contributed by atoms with Gasteiger partial charge in [0.2, 0.25) is 0 Å². The first-order chi connectivity index (χ1) is 13.9. The molecule has 0 aromatic heterocycles. The molecular formula is C21H23FO7. The van der Waals surface area contributed by atoms with Gasteiger partial charge in [-0.25, -0.2) is 9.18 Å². The molecule has 0 unspecified atom stereocenters. The van der Waals surface area contributed by atoms with Crippen molar-refractivity contribution in [3.63, 3.8) is 0 Å². The molecule has 8 heteroatoms. The maximum Gasteiger partial charge on any atom is 0.329 e. The Morgan fingerprint density at radius 2 is 1.72 bits per heavy atom. The topological polar surface area (TPSA) is 116 Å². The summed E-state index contributed by atoms with van der Waals surface area (Å²) in [6.07, 6.45) is 5.35. The van der Waals surface area contributed by atoms with Crippen LogP contribution in [0.1, 0.15) is 0 Å². The number of carbonyl (C=O) groups is 1. The van der Waals surface area contributed by atoms with Crippen molar-refractivity contribution in [1.29, 1.82) is 0 Å². The molecule has 156 valence electrons. The molecule has 4 N–H and O–H groups in total. The summed E-state index contributed by atoms with van der Waals surface area (Å²) in [5.41, 5.74) is 0. The number of carboxylic acids is 1. The molecule has 0 saturated heterocycles. The first-order valence-corrected chi connectivity index (χ1v) is 8.61. The van der Waals surface area contributed by atoms with E-state index in [0.717, 1.165) is 0 Å². The maximum atomic E-state index is 12.8. The predicted octanol–water partition coefficient (Wildman–Crippen LogP) is 1.06. The van der Waals surface area contributed by atoms with Gasteiger partial charge in [0.15, 0.2) is 0 Å². The lowest BCUT2D eigenvalue weighted by atomic mass is 10.2. The third kappa shape index (κ3) is 12.2. The predicted molar refractivity (Wildman–Crippen MR) is 104 cm³/mol. The lowest BCUT2D eigenvalue weighted by Gasteiger charge is -2.13. The minimum atomic E-state index is -1.24. The SMILES string of the molecule is O=C(O)COC[C@H](O)[C@H](O)C=CC=CC#CC=C[C@H](O)COc1ccc(F)cc1. The minimum Gasteiger partial charge on any atom is -0.491 e. The van der Waals surface area contributed by atoms with Crippen LogP contribution in [0.25, 0.3) is 0 Å². The molecule has 0 amide bonds. The van der Waals surface area contributed by atoms with Crippen LogP contribution in [0.5, 0.6) is 5.75 Å². The zero-order chi connectivity index (χ0) is 21.5. The Bertz CT molecular complexity index is 759. The van der Waals surface area contributed by atoms with Gasteiger partial charge in [-0.15, -0.1) is 0 Å². The van der Waals surface area contributed by atoms with Gasteiger partial charge >= 0.3 is 5.97 Å². The fraction of sp³-hybridized carbons (Fsp3) is 0.286. The number of aliphatic hydroxyl groups excluding tert-OH is 3. The highest BCUT2D eigenvalue weighted by atomic mass is 19.1. The van der Waals surface area contributed by atoms with Crippen LogP contribution in [0, 0.1) is 17.7 Å². The van der Waals surface area contributed by atoms with Crippen LogP contribution in [-0.4, -0.2) is 64.5 Å². The summed E-state index contributed by atoms with van der Waals surface area (Å²) < 4.78 is 22.7. The van der Waals surface area contributed by atoms with Crippen molar-refractivity contribution < 1.29 is 39.1 Å².